The highest BCUT2D eigenvalue weighted by Gasteiger charge is 2.63. The number of fused-ring (bicyclic) bond motifs is 5. The van der Waals surface area contributed by atoms with E-state index in [0.29, 0.717) is 36.0 Å². The molecule has 4 rings (SSSR count). The predicted molar refractivity (Wildman–Crippen MR) is 121 cm³/mol. The molecule has 0 aromatic rings. The molecule has 170 valence electrons. The molecular weight excluding hydrogens is 388 g/mol. The van der Waals surface area contributed by atoms with Gasteiger partial charge in [-0.05, 0) is 93.6 Å². The molecule has 0 bridgehead atoms. The molecular formula is C27H38O4. The van der Waals surface area contributed by atoms with Crippen molar-refractivity contribution in [3.63, 3.8) is 0 Å². The zero-order valence-electron chi connectivity index (χ0n) is 19.2. The maximum Gasteiger partial charge on any atom is 0.513 e. The molecule has 0 aliphatic heterocycles. The van der Waals surface area contributed by atoms with Crippen molar-refractivity contribution in [2.45, 2.75) is 90.1 Å². The van der Waals surface area contributed by atoms with Crippen LogP contribution < -0.4 is 0 Å². The molecule has 4 unspecified atom stereocenters. The molecule has 0 saturated heterocycles. The topological polar surface area (TPSA) is 55.8 Å². The molecule has 4 heteroatoms. The van der Waals surface area contributed by atoms with E-state index in [1.54, 1.807) is 0 Å². The van der Waals surface area contributed by atoms with Gasteiger partial charge in [0.1, 0.15) is 11.4 Å². The molecule has 0 aromatic heterocycles. The average molecular weight is 427 g/mol. The molecule has 4 nitrogen and oxygen atoms in total. The van der Waals surface area contributed by atoms with Gasteiger partial charge in [-0.2, -0.15) is 0 Å². The first kappa shape index (κ1) is 22.5. The minimum absolute atomic E-state index is 0.0973. The van der Waals surface area contributed by atoms with Crippen LogP contribution in [-0.2, 0) is 9.47 Å². The summed E-state index contributed by atoms with van der Waals surface area (Å²) in [5.74, 6) is 5.82. The van der Waals surface area contributed by atoms with Crippen molar-refractivity contribution in [1.29, 1.82) is 0 Å². The molecule has 0 spiro atoms. The van der Waals surface area contributed by atoms with Crippen LogP contribution in [0.4, 0.5) is 4.79 Å². The zero-order valence-corrected chi connectivity index (χ0v) is 19.2. The molecule has 3 fully saturated rings. The lowest BCUT2D eigenvalue weighted by Crippen LogP contribution is -2.53. The largest absolute Gasteiger partial charge is 0.513 e. The minimum atomic E-state index is -0.930. The fourth-order valence-electron chi connectivity index (χ4n) is 7.52. The lowest BCUT2D eigenvalue weighted by molar-refractivity contribution is -0.101. The van der Waals surface area contributed by atoms with Crippen molar-refractivity contribution >= 4 is 6.16 Å². The molecule has 0 amide bonds. The fourth-order valence-corrected chi connectivity index (χ4v) is 7.52. The Morgan fingerprint density at radius 2 is 2.06 bits per heavy atom. The summed E-state index contributed by atoms with van der Waals surface area (Å²) in [6.07, 6.45) is 20.5. The lowest BCUT2D eigenvalue weighted by atomic mass is 9.49. The van der Waals surface area contributed by atoms with Crippen molar-refractivity contribution in [1.82, 2.24) is 0 Å². The Hall–Kier alpha value is -1.73. The smallest absolute Gasteiger partial charge is 0.434 e. The molecule has 0 heterocycles. The molecule has 1 N–H and O–H groups in total. The molecule has 31 heavy (non-hydrogen) atoms. The first-order chi connectivity index (χ1) is 15.0. The summed E-state index contributed by atoms with van der Waals surface area (Å²) in [5.41, 5.74) is 0.397. The normalized spacial score (nSPS) is 38.6. The zero-order chi connectivity index (χ0) is 22.1. The van der Waals surface area contributed by atoms with E-state index in [-0.39, 0.29) is 5.41 Å². The number of ether oxygens (including phenoxy) is 2. The van der Waals surface area contributed by atoms with E-state index in [2.05, 4.69) is 31.9 Å². The summed E-state index contributed by atoms with van der Waals surface area (Å²) in [5, 5.41) is 11.4. The summed E-state index contributed by atoms with van der Waals surface area (Å²) in [4.78, 5) is 11.9. The van der Waals surface area contributed by atoms with Gasteiger partial charge >= 0.3 is 6.16 Å². The molecule has 0 aromatic carbocycles. The SMILES string of the molecule is C#C[C@]1(O)CCC2C3CCC4=CC(OC(=O)OCCCC)=CCC4C3CC[C@@]21CCC. The summed E-state index contributed by atoms with van der Waals surface area (Å²) in [6.45, 7) is 4.70. The third kappa shape index (κ3) is 3.84. The van der Waals surface area contributed by atoms with Crippen LogP contribution in [0.2, 0.25) is 0 Å². The molecule has 4 aliphatic carbocycles. The van der Waals surface area contributed by atoms with E-state index in [0.717, 1.165) is 70.6 Å². The van der Waals surface area contributed by atoms with Crippen molar-refractivity contribution < 1.29 is 19.4 Å². The molecule has 6 atom stereocenters. The highest BCUT2D eigenvalue weighted by Crippen LogP contribution is 2.66. The van der Waals surface area contributed by atoms with Gasteiger partial charge in [-0.15, -0.1) is 6.42 Å². The fraction of sp³-hybridized carbons (Fsp3) is 0.741. The van der Waals surface area contributed by atoms with Gasteiger partial charge in [-0.25, -0.2) is 4.79 Å². The quantitative estimate of drug-likeness (QED) is 0.314. The van der Waals surface area contributed by atoms with Gasteiger partial charge in [0.25, 0.3) is 0 Å². The second-order valence-corrected chi connectivity index (χ2v) is 10.2. The second-order valence-electron chi connectivity index (χ2n) is 10.2. The van der Waals surface area contributed by atoms with Crippen molar-refractivity contribution in [3.05, 3.63) is 23.5 Å². The Morgan fingerprint density at radius 3 is 2.81 bits per heavy atom. The van der Waals surface area contributed by atoms with Crippen molar-refractivity contribution in [2.75, 3.05) is 6.61 Å². The van der Waals surface area contributed by atoms with E-state index in [1.807, 2.05) is 0 Å². The lowest BCUT2D eigenvalue weighted by Gasteiger charge is -2.56. The van der Waals surface area contributed by atoms with Crippen LogP contribution in [0.25, 0.3) is 0 Å². The Bertz CT molecular complexity index is 790. The van der Waals surface area contributed by atoms with Crippen LogP contribution in [0.1, 0.15) is 84.5 Å². The first-order valence-corrected chi connectivity index (χ1v) is 12.4. The van der Waals surface area contributed by atoms with E-state index in [9.17, 15) is 9.90 Å². The number of aliphatic hydroxyl groups is 1. The summed E-state index contributed by atoms with van der Waals surface area (Å²) >= 11 is 0. The first-order valence-electron chi connectivity index (χ1n) is 12.4. The Kier molecular flexibility index (Phi) is 6.54. The van der Waals surface area contributed by atoms with Crippen LogP contribution in [0.3, 0.4) is 0 Å². The van der Waals surface area contributed by atoms with Gasteiger partial charge in [0.2, 0.25) is 0 Å². The van der Waals surface area contributed by atoms with Crippen molar-refractivity contribution in [3.8, 4) is 12.3 Å². The van der Waals surface area contributed by atoms with E-state index < -0.39 is 11.8 Å². The second kappa shape index (κ2) is 9.02. The molecule has 0 radical (unpaired) electrons. The van der Waals surface area contributed by atoms with Crippen LogP contribution >= 0.6 is 0 Å². The Labute approximate surface area is 187 Å². The monoisotopic (exact) mass is 426 g/mol. The number of hydrogen-bond donors (Lipinski definition) is 1. The number of hydrogen-bond acceptors (Lipinski definition) is 4. The summed E-state index contributed by atoms with van der Waals surface area (Å²) < 4.78 is 10.6. The van der Waals surface area contributed by atoms with Gasteiger partial charge < -0.3 is 14.6 Å². The van der Waals surface area contributed by atoms with Crippen LogP contribution in [0.15, 0.2) is 23.5 Å². The van der Waals surface area contributed by atoms with Crippen LogP contribution in [0, 0.1) is 41.4 Å². The van der Waals surface area contributed by atoms with E-state index in [4.69, 9.17) is 15.9 Å². The highest BCUT2D eigenvalue weighted by atomic mass is 16.7. The number of unbranched alkanes of at least 4 members (excludes halogenated alkanes) is 1. The maximum atomic E-state index is 11.9. The molecule has 3 saturated carbocycles. The van der Waals surface area contributed by atoms with Crippen LogP contribution in [0.5, 0.6) is 0 Å². The summed E-state index contributed by atoms with van der Waals surface area (Å²) in [6, 6.07) is 0. The van der Waals surface area contributed by atoms with Gasteiger partial charge in [0, 0.05) is 5.41 Å². The third-order valence-electron chi connectivity index (χ3n) is 8.86. The van der Waals surface area contributed by atoms with Crippen LogP contribution in [-0.4, -0.2) is 23.5 Å². The number of rotatable bonds is 6. The van der Waals surface area contributed by atoms with Gasteiger partial charge in [0.15, 0.2) is 0 Å². The van der Waals surface area contributed by atoms with E-state index in [1.165, 1.54) is 5.57 Å². The summed E-state index contributed by atoms with van der Waals surface area (Å²) in [7, 11) is 0. The van der Waals surface area contributed by atoms with E-state index >= 15 is 0 Å². The molecule has 4 aliphatic rings. The van der Waals surface area contributed by atoms with Gasteiger partial charge in [-0.1, -0.05) is 38.2 Å². The van der Waals surface area contributed by atoms with Gasteiger partial charge in [-0.3, -0.25) is 0 Å². The van der Waals surface area contributed by atoms with Gasteiger partial charge in [0.05, 0.1) is 6.61 Å². The Morgan fingerprint density at radius 1 is 1.23 bits per heavy atom. The Balaban J connectivity index is 1.46. The number of terminal acetylenes is 1. The van der Waals surface area contributed by atoms with Crippen molar-refractivity contribution in [2.24, 2.45) is 29.1 Å². The number of carbonyl (C=O) groups is 1. The number of allylic oxidation sites excluding steroid dienone is 3. The predicted octanol–water partition coefficient (Wildman–Crippen LogP) is 6.15. The highest BCUT2D eigenvalue weighted by molar-refractivity contribution is 5.62. The number of carbonyl (C=O) groups excluding carboxylic acids is 1. The average Bonchev–Trinajstić information content (AvgIpc) is 3.07. The minimum Gasteiger partial charge on any atom is -0.434 e. The standard InChI is InChI=1S/C27H38O4/c1-4-7-17-30-25(28)31-20-9-11-21-19(18-20)8-10-23-22(21)12-15-26(14-5-2)24(23)13-16-27(26,29)6-3/h3,9,18,21-24,29H,4-5,7-8,10-17H2,1-2H3/t21?,22?,23?,24?,26-,27-/m0/s1. The third-order valence-corrected chi connectivity index (χ3v) is 8.86. The maximum absolute atomic E-state index is 11.9.